The van der Waals surface area contributed by atoms with Gasteiger partial charge in [0, 0.05) is 38.6 Å². The minimum absolute atomic E-state index is 0.109. The monoisotopic (exact) mass is 239 g/mol. The SMILES string of the molecule is CC(=O)NC1CCN(CC2CCCCN2)CC1. The third kappa shape index (κ3) is 4.28. The van der Waals surface area contributed by atoms with Crippen LogP contribution in [0.2, 0.25) is 0 Å². The van der Waals surface area contributed by atoms with Gasteiger partial charge < -0.3 is 15.5 Å². The van der Waals surface area contributed by atoms with Gasteiger partial charge in [0.1, 0.15) is 0 Å². The largest absolute Gasteiger partial charge is 0.354 e. The summed E-state index contributed by atoms with van der Waals surface area (Å²) in [6.45, 7) is 6.24. The zero-order valence-electron chi connectivity index (χ0n) is 10.9. The van der Waals surface area contributed by atoms with Crippen molar-refractivity contribution in [3.63, 3.8) is 0 Å². The highest BCUT2D eigenvalue weighted by Crippen LogP contribution is 2.14. The van der Waals surface area contributed by atoms with Crippen LogP contribution in [0.4, 0.5) is 0 Å². The highest BCUT2D eigenvalue weighted by atomic mass is 16.1. The van der Waals surface area contributed by atoms with Crippen molar-refractivity contribution in [1.29, 1.82) is 0 Å². The van der Waals surface area contributed by atoms with E-state index in [2.05, 4.69) is 15.5 Å². The molecule has 0 aromatic heterocycles. The molecule has 2 aliphatic heterocycles. The van der Waals surface area contributed by atoms with Gasteiger partial charge in [0.15, 0.2) is 0 Å². The molecule has 2 aliphatic rings. The van der Waals surface area contributed by atoms with Crippen LogP contribution in [0.3, 0.4) is 0 Å². The van der Waals surface area contributed by atoms with Crippen LogP contribution in [0.15, 0.2) is 0 Å². The van der Waals surface area contributed by atoms with Crippen molar-refractivity contribution in [1.82, 2.24) is 15.5 Å². The molecule has 0 bridgehead atoms. The number of hydrogen-bond donors (Lipinski definition) is 2. The third-order valence-electron chi connectivity index (χ3n) is 3.89. The highest BCUT2D eigenvalue weighted by Gasteiger charge is 2.22. The number of piperidine rings is 2. The van der Waals surface area contributed by atoms with E-state index in [4.69, 9.17) is 0 Å². The number of amides is 1. The number of nitrogens with zero attached hydrogens (tertiary/aromatic N) is 1. The van der Waals surface area contributed by atoms with E-state index < -0.39 is 0 Å². The van der Waals surface area contributed by atoms with E-state index in [9.17, 15) is 4.79 Å². The number of carbonyl (C=O) groups excluding carboxylic acids is 1. The lowest BCUT2D eigenvalue weighted by atomic mass is 10.0. The van der Waals surface area contributed by atoms with Gasteiger partial charge in [0.2, 0.25) is 5.91 Å². The zero-order chi connectivity index (χ0) is 12.1. The zero-order valence-corrected chi connectivity index (χ0v) is 10.9. The molecule has 0 aliphatic carbocycles. The average Bonchev–Trinajstić information content (AvgIpc) is 2.32. The first-order valence-corrected chi connectivity index (χ1v) is 6.97. The van der Waals surface area contributed by atoms with Gasteiger partial charge in [-0.3, -0.25) is 4.79 Å². The Hall–Kier alpha value is -0.610. The molecule has 0 saturated carbocycles. The summed E-state index contributed by atoms with van der Waals surface area (Å²) in [4.78, 5) is 13.5. The maximum absolute atomic E-state index is 11.0. The average molecular weight is 239 g/mol. The second kappa shape index (κ2) is 6.36. The van der Waals surface area contributed by atoms with Crippen molar-refractivity contribution in [3.8, 4) is 0 Å². The summed E-state index contributed by atoms with van der Waals surface area (Å²) in [5, 5.41) is 6.62. The molecule has 0 radical (unpaired) electrons. The van der Waals surface area contributed by atoms with Gasteiger partial charge in [0.05, 0.1) is 0 Å². The van der Waals surface area contributed by atoms with Crippen LogP contribution < -0.4 is 10.6 Å². The lowest BCUT2D eigenvalue weighted by molar-refractivity contribution is -0.119. The lowest BCUT2D eigenvalue weighted by Crippen LogP contribution is -2.49. The van der Waals surface area contributed by atoms with Gasteiger partial charge in [-0.05, 0) is 32.2 Å². The number of likely N-dealkylation sites (tertiary alicyclic amines) is 1. The molecule has 98 valence electrons. The quantitative estimate of drug-likeness (QED) is 0.763. The van der Waals surface area contributed by atoms with Gasteiger partial charge in [0.25, 0.3) is 0 Å². The fourth-order valence-corrected chi connectivity index (χ4v) is 2.94. The molecule has 2 N–H and O–H groups in total. The molecule has 0 aromatic rings. The minimum atomic E-state index is 0.109. The number of carbonyl (C=O) groups is 1. The van der Waals surface area contributed by atoms with Gasteiger partial charge in [-0.25, -0.2) is 0 Å². The van der Waals surface area contributed by atoms with Crippen LogP contribution in [0, 0.1) is 0 Å². The standard InChI is InChI=1S/C13H25N3O/c1-11(17)15-12-5-8-16(9-6-12)10-13-4-2-3-7-14-13/h12-14H,2-10H2,1H3,(H,15,17). The molecule has 4 nitrogen and oxygen atoms in total. The van der Waals surface area contributed by atoms with Crippen LogP contribution in [-0.4, -0.2) is 49.1 Å². The molecule has 0 spiro atoms. The maximum Gasteiger partial charge on any atom is 0.217 e. The molecular formula is C13H25N3O. The van der Waals surface area contributed by atoms with Crippen molar-refractivity contribution >= 4 is 5.91 Å². The van der Waals surface area contributed by atoms with E-state index >= 15 is 0 Å². The Bertz CT molecular complexity index is 243. The highest BCUT2D eigenvalue weighted by molar-refractivity contribution is 5.73. The third-order valence-corrected chi connectivity index (χ3v) is 3.89. The number of rotatable bonds is 3. The first-order chi connectivity index (χ1) is 8.24. The number of hydrogen-bond acceptors (Lipinski definition) is 3. The molecule has 2 heterocycles. The fourth-order valence-electron chi connectivity index (χ4n) is 2.94. The summed E-state index contributed by atoms with van der Waals surface area (Å²) < 4.78 is 0. The van der Waals surface area contributed by atoms with Gasteiger partial charge in [-0.1, -0.05) is 6.42 Å². The Labute approximate surface area is 104 Å². The van der Waals surface area contributed by atoms with Crippen molar-refractivity contribution in [3.05, 3.63) is 0 Å². The molecule has 17 heavy (non-hydrogen) atoms. The topological polar surface area (TPSA) is 44.4 Å². The molecule has 2 fully saturated rings. The predicted octanol–water partition coefficient (Wildman–Crippen LogP) is 0.729. The Morgan fingerprint density at radius 1 is 1.29 bits per heavy atom. The molecule has 2 rings (SSSR count). The normalized spacial score (nSPS) is 27.9. The van der Waals surface area contributed by atoms with E-state index in [1.54, 1.807) is 6.92 Å². The van der Waals surface area contributed by atoms with Gasteiger partial charge >= 0.3 is 0 Å². The second-order valence-corrected chi connectivity index (χ2v) is 5.42. The first-order valence-electron chi connectivity index (χ1n) is 6.97. The summed E-state index contributed by atoms with van der Waals surface area (Å²) in [5.41, 5.74) is 0. The molecule has 1 unspecified atom stereocenters. The van der Waals surface area contributed by atoms with Crippen LogP contribution in [0.25, 0.3) is 0 Å². The van der Waals surface area contributed by atoms with Crippen molar-refractivity contribution in [2.24, 2.45) is 0 Å². The van der Waals surface area contributed by atoms with Crippen molar-refractivity contribution in [2.45, 2.75) is 51.1 Å². The van der Waals surface area contributed by atoms with Crippen LogP contribution >= 0.6 is 0 Å². The Kier molecular flexibility index (Phi) is 4.80. The van der Waals surface area contributed by atoms with Gasteiger partial charge in [-0.2, -0.15) is 0 Å². The molecule has 1 atom stereocenters. The molecule has 2 saturated heterocycles. The van der Waals surface area contributed by atoms with E-state index in [1.807, 2.05) is 0 Å². The summed E-state index contributed by atoms with van der Waals surface area (Å²) in [6, 6.07) is 1.10. The predicted molar refractivity (Wildman–Crippen MR) is 68.9 cm³/mol. The summed E-state index contributed by atoms with van der Waals surface area (Å²) in [5.74, 6) is 0.109. The summed E-state index contributed by atoms with van der Waals surface area (Å²) >= 11 is 0. The van der Waals surface area contributed by atoms with E-state index in [-0.39, 0.29) is 5.91 Å². The first kappa shape index (κ1) is 12.8. The summed E-state index contributed by atoms with van der Waals surface area (Å²) in [6.07, 6.45) is 6.24. The van der Waals surface area contributed by atoms with E-state index in [0.717, 1.165) is 25.9 Å². The second-order valence-electron chi connectivity index (χ2n) is 5.42. The summed E-state index contributed by atoms with van der Waals surface area (Å²) in [7, 11) is 0. The van der Waals surface area contributed by atoms with Crippen LogP contribution in [0.1, 0.15) is 39.0 Å². The van der Waals surface area contributed by atoms with Gasteiger partial charge in [-0.15, -0.1) is 0 Å². The molecular weight excluding hydrogens is 214 g/mol. The smallest absolute Gasteiger partial charge is 0.217 e. The van der Waals surface area contributed by atoms with Crippen LogP contribution in [0.5, 0.6) is 0 Å². The Morgan fingerprint density at radius 2 is 2.06 bits per heavy atom. The maximum atomic E-state index is 11.0. The lowest BCUT2D eigenvalue weighted by Gasteiger charge is -2.35. The Morgan fingerprint density at radius 3 is 2.65 bits per heavy atom. The van der Waals surface area contributed by atoms with E-state index in [1.165, 1.54) is 32.4 Å². The molecule has 4 heteroatoms. The fraction of sp³-hybridized carbons (Fsp3) is 0.923. The Balaban J connectivity index is 1.66. The molecule has 0 aromatic carbocycles. The van der Waals surface area contributed by atoms with Crippen LogP contribution in [-0.2, 0) is 4.79 Å². The number of nitrogens with one attached hydrogen (secondary N) is 2. The van der Waals surface area contributed by atoms with Crippen molar-refractivity contribution < 1.29 is 4.79 Å². The van der Waals surface area contributed by atoms with Crippen molar-refractivity contribution in [2.75, 3.05) is 26.2 Å². The van der Waals surface area contributed by atoms with E-state index in [0.29, 0.717) is 12.1 Å². The minimum Gasteiger partial charge on any atom is -0.354 e. The molecule has 1 amide bonds.